The van der Waals surface area contributed by atoms with Gasteiger partial charge in [0.15, 0.2) is 5.65 Å². The van der Waals surface area contributed by atoms with Gasteiger partial charge >= 0.3 is 0 Å². The molecule has 2 heterocycles. The van der Waals surface area contributed by atoms with Crippen molar-refractivity contribution in [1.29, 1.82) is 0 Å². The standard InChI is InChI=1S/C14H21N5O/c1-4-15-6-5-13(20)18-12-7-11-8-17-19(10(2)3)14(11)16-9-12/h7-10,15H,4-6H2,1-3H3,(H,18,20). The van der Waals surface area contributed by atoms with Crippen LogP contribution in [0, 0.1) is 0 Å². The van der Waals surface area contributed by atoms with Crippen molar-refractivity contribution in [2.24, 2.45) is 0 Å². The van der Waals surface area contributed by atoms with E-state index in [1.54, 1.807) is 12.4 Å². The molecule has 0 aromatic carbocycles. The molecule has 0 saturated carbocycles. The van der Waals surface area contributed by atoms with Crippen LogP contribution in [-0.4, -0.2) is 33.8 Å². The summed E-state index contributed by atoms with van der Waals surface area (Å²) in [6.07, 6.45) is 3.90. The summed E-state index contributed by atoms with van der Waals surface area (Å²) in [6, 6.07) is 2.17. The molecule has 6 nitrogen and oxygen atoms in total. The lowest BCUT2D eigenvalue weighted by Gasteiger charge is -2.07. The van der Waals surface area contributed by atoms with E-state index in [0.717, 1.165) is 17.6 Å². The van der Waals surface area contributed by atoms with E-state index in [1.807, 2.05) is 17.7 Å². The minimum Gasteiger partial charge on any atom is -0.325 e. The van der Waals surface area contributed by atoms with Gasteiger partial charge in [-0.3, -0.25) is 4.79 Å². The van der Waals surface area contributed by atoms with Crippen LogP contribution in [0.2, 0.25) is 0 Å². The highest BCUT2D eigenvalue weighted by Gasteiger charge is 2.09. The molecule has 2 aromatic rings. The normalized spacial score (nSPS) is 11.2. The Morgan fingerprint density at radius 2 is 2.20 bits per heavy atom. The maximum Gasteiger partial charge on any atom is 0.225 e. The van der Waals surface area contributed by atoms with E-state index in [-0.39, 0.29) is 11.9 Å². The van der Waals surface area contributed by atoms with Crippen LogP contribution in [0.1, 0.15) is 33.2 Å². The summed E-state index contributed by atoms with van der Waals surface area (Å²) >= 11 is 0. The minimum atomic E-state index is -0.0108. The van der Waals surface area contributed by atoms with Gasteiger partial charge in [0.2, 0.25) is 5.91 Å². The molecule has 0 atom stereocenters. The van der Waals surface area contributed by atoms with Crippen LogP contribution in [0.15, 0.2) is 18.5 Å². The number of hydrogen-bond acceptors (Lipinski definition) is 4. The number of fused-ring (bicyclic) bond motifs is 1. The zero-order chi connectivity index (χ0) is 14.5. The van der Waals surface area contributed by atoms with E-state index >= 15 is 0 Å². The first kappa shape index (κ1) is 14.5. The molecule has 0 spiro atoms. The minimum absolute atomic E-state index is 0.0108. The first-order valence-electron chi connectivity index (χ1n) is 6.95. The van der Waals surface area contributed by atoms with Crippen molar-refractivity contribution in [2.75, 3.05) is 18.4 Å². The van der Waals surface area contributed by atoms with Crippen molar-refractivity contribution in [2.45, 2.75) is 33.2 Å². The second-order valence-corrected chi connectivity index (χ2v) is 4.97. The molecule has 0 bridgehead atoms. The van der Waals surface area contributed by atoms with Crippen LogP contribution in [0.4, 0.5) is 5.69 Å². The van der Waals surface area contributed by atoms with Crippen LogP contribution >= 0.6 is 0 Å². The Hall–Kier alpha value is -1.95. The molecule has 0 aliphatic rings. The second kappa shape index (κ2) is 6.47. The third-order valence-corrected chi connectivity index (χ3v) is 2.99. The summed E-state index contributed by atoms with van der Waals surface area (Å²) in [6.45, 7) is 7.69. The summed E-state index contributed by atoms with van der Waals surface area (Å²) in [5.74, 6) is -0.0108. The Labute approximate surface area is 118 Å². The van der Waals surface area contributed by atoms with Gasteiger partial charge in [-0.15, -0.1) is 0 Å². The van der Waals surface area contributed by atoms with E-state index in [9.17, 15) is 4.79 Å². The third kappa shape index (κ3) is 3.33. The topological polar surface area (TPSA) is 71.8 Å². The largest absolute Gasteiger partial charge is 0.325 e. The average Bonchev–Trinajstić information content (AvgIpc) is 2.82. The molecule has 0 aliphatic heterocycles. The molecule has 0 fully saturated rings. The lowest BCUT2D eigenvalue weighted by atomic mass is 10.3. The second-order valence-electron chi connectivity index (χ2n) is 4.97. The number of hydrogen-bond donors (Lipinski definition) is 2. The number of rotatable bonds is 6. The highest BCUT2D eigenvalue weighted by Crippen LogP contribution is 2.18. The Morgan fingerprint density at radius 3 is 2.90 bits per heavy atom. The maximum absolute atomic E-state index is 11.7. The first-order valence-corrected chi connectivity index (χ1v) is 6.95. The fourth-order valence-electron chi connectivity index (χ4n) is 1.99. The fraction of sp³-hybridized carbons (Fsp3) is 0.500. The van der Waals surface area contributed by atoms with E-state index < -0.39 is 0 Å². The highest BCUT2D eigenvalue weighted by atomic mass is 16.1. The van der Waals surface area contributed by atoms with Gasteiger partial charge in [0.05, 0.1) is 18.1 Å². The number of pyridine rings is 1. The summed E-state index contributed by atoms with van der Waals surface area (Å²) in [4.78, 5) is 16.1. The van der Waals surface area contributed by atoms with Crippen molar-refractivity contribution in [3.8, 4) is 0 Å². The summed E-state index contributed by atoms with van der Waals surface area (Å²) in [5.41, 5.74) is 1.55. The quantitative estimate of drug-likeness (QED) is 0.790. The summed E-state index contributed by atoms with van der Waals surface area (Å²) < 4.78 is 1.87. The molecule has 1 amide bonds. The van der Waals surface area contributed by atoms with Crippen LogP contribution in [0.25, 0.3) is 11.0 Å². The van der Waals surface area contributed by atoms with Crippen LogP contribution in [-0.2, 0) is 4.79 Å². The number of carbonyl (C=O) groups excluding carboxylic acids is 1. The molecule has 0 saturated heterocycles. The monoisotopic (exact) mass is 275 g/mol. The Bertz CT molecular complexity index is 590. The summed E-state index contributed by atoms with van der Waals surface area (Å²) in [5, 5.41) is 11.2. The Balaban J connectivity index is 2.07. The number of amides is 1. The first-order chi connectivity index (χ1) is 9.61. The van der Waals surface area contributed by atoms with Gasteiger partial charge in [0.1, 0.15) is 0 Å². The van der Waals surface area contributed by atoms with Crippen LogP contribution in [0.3, 0.4) is 0 Å². The number of aromatic nitrogens is 3. The third-order valence-electron chi connectivity index (χ3n) is 2.99. The summed E-state index contributed by atoms with van der Waals surface area (Å²) in [7, 11) is 0. The fourth-order valence-corrected chi connectivity index (χ4v) is 1.99. The van der Waals surface area contributed by atoms with Crippen molar-refractivity contribution >= 4 is 22.6 Å². The predicted octanol–water partition coefficient (Wildman–Crippen LogP) is 1.95. The van der Waals surface area contributed by atoms with Crippen LogP contribution < -0.4 is 10.6 Å². The maximum atomic E-state index is 11.7. The molecule has 0 radical (unpaired) electrons. The Morgan fingerprint density at radius 1 is 1.40 bits per heavy atom. The molecule has 20 heavy (non-hydrogen) atoms. The highest BCUT2D eigenvalue weighted by molar-refractivity contribution is 5.92. The Kier molecular flexibility index (Phi) is 4.68. The van der Waals surface area contributed by atoms with Crippen molar-refractivity contribution in [1.82, 2.24) is 20.1 Å². The van der Waals surface area contributed by atoms with E-state index in [4.69, 9.17) is 0 Å². The molecule has 2 N–H and O–H groups in total. The van der Waals surface area contributed by atoms with Crippen molar-refractivity contribution in [3.05, 3.63) is 18.5 Å². The van der Waals surface area contributed by atoms with Gasteiger partial charge in [0.25, 0.3) is 0 Å². The predicted molar refractivity (Wildman–Crippen MR) is 79.7 cm³/mol. The van der Waals surface area contributed by atoms with Gasteiger partial charge in [-0.2, -0.15) is 5.10 Å². The van der Waals surface area contributed by atoms with Crippen LogP contribution in [0.5, 0.6) is 0 Å². The number of anilines is 1. The molecule has 2 rings (SSSR count). The van der Waals surface area contributed by atoms with Crippen molar-refractivity contribution in [3.63, 3.8) is 0 Å². The molecular weight excluding hydrogens is 254 g/mol. The zero-order valence-corrected chi connectivity index (χ0v) is 12.2. The van der Waals surface area contributed by atoms with E-state index in [1.165, 1.54) is 0 Å². The smallest absolute Gasteiger partial charge is 0.225 e. The molecule has 0 aliphatic carbocycles. The number of nitrogens with zero attached hydrogens (tertiary/aromatic N) is 3. The lowest BCUT2D eigenvalue weighted by Crippen LogP contribution is -2.21. The average molecular weight is 275 g/mol. The number of nitrogens with one attached hydrogen (secondary N) is 2. The van der Waals surface area contributed by atoms with Gasteiger partial charge in [0, 0.05) is 24.4 Å². The van der Waals surface area contributed by atoms with Gasteiger partial charge in [-0.05, 0) is 26.5 Å². The lowest BCUT2D eigenvalue weighted by molar-refractivity contribution is -0.116. The number of carbonyl (C=O) groups is 1. The molecule has 108 valence electrons. The SMILES string of the molecule is CCNCCC(=O)Nc1cnc2c(cnn2C(C)C)c1. The molecular formula is C14H21N5O. The molecule has 6 heteroatoms. The van der Waals surface area contributed by atoms with E-state index in [2.05, 4.69) is 34.6 Å². The molecule has 2 aromatic heterocycles. The van der Waals surface area contributed by atoms with E-state index in [0.29, 0.717) is 18.7 Å². The zero-order valence-electron chi connectivity index (χ0n) is 12.2. The van der Waals surface area contributed by atoms with Gasteiger partial charge in [-0.1, -0.05) is 6.92 Å². The van der Waals surface area contributed by atoms with Crippen molar-refractivity contribution < 1.29 is 4.79 Å². The van der Waals surface area contributed by atoms with Gasteiger partial charge < -0.3 is 10.6 Å². The molecule has 0 unspecified atom stereocenters. The van der Waals surface area contributed by atoms with Gasteiger partial charge in [-0.25, -0.2) is 9.67 Å².